The molecule has 0 aliphatic heterocycles. The van der Waals surface area contributed by atoms with Gasteiger partial charge in [-0.25, -0.2) is 14.8 Å². The van der Waals surface area contributed by atoms with E-state index in [1.807, 2.05) is 0 Å². The van der Waals surface area contributed by atoms with Crippen LogP contribution in [0, 0.1) is 0 Å². The molecule has 5 heteroatoms. The molecule has 0 atom stereocenters. The fourth-order valence-electron chi connectivity index (χ4n) is 1.56. The number of aromatic nitrogens is 2. The number of carbonyl (C=O) groups excluding carboxylic acids is 1. The molecule has 0 saturated heterocycles. The molecule has 84 valence electrons. The van der Waals surface area contributed by atoms with Gasteiger partial charge in [-0.05, 0) is 12.8 Å². The average molecular weight is 219 g/mol. The van der Waals surface area contributed by atoms with Gasteiger partial charge in [-0.15, -0.1) is 0 Å². The van der Waals surface area contributed by atoms with Crippen LogP contribution in [0.1, 0.15) is 23.3 Å². The van der Waals surface area contributed by atoms with E-state index in [4.69, 9.17) is 0 Å². The lowest BCUT2D eigenvalue weighted by Crippen LogP contribution is -2.16. The van der Waals surface area contributed by atoms with Crippen molar-refractivity contribution in [3.8, 4) is 0 Å². The maximum Gasteiger partial charge on any atom is 0.358 e. The normalized spacial score (nSPS) is 15.1. The van der Waals surface area contributed by atoms with Crippen molar-refractivity contribution >= 4 is 11.8 Å². The molecule has 0 spiro atoms. The first-order chi connectivity index (χ1) is 7.79. The summed E-state index contributed by atoms with van der Waals surface area (Å²) >= 11 is 0. The van der Waals surface area contributed by atoms with Crippen molar-refractivity contribution in [2.75, 3.05) is 12.4 Å². The summed E-state index contributed by atoms with van der Waals surface area (Å²) in [5, 5.41) is 3.24. The number of anilines is 1. The summed E-state index contributed by atoms with van der Waals surface area (Å²) in [7, 11) is 1.32. The molecule has 0 bridgehead atoms. The van der Waals surface area contributed by atoms with Gasteiger partial charge in [0.2, 0.25) is 0 Å². The Kier molecular flexibility index (Phi) is 3.14. The number of hydrogen-bond acceptors (Lipinski definition) is 5. The van der Waals surface area contributed by atoms with Gasteiger partial charge in [-0.2, -0.15) is 0 Å². The summed E-state index contributed by atoms with van der Waals surface area (Å²) in [6.07, 6.45) is 9.23. The van der Waals surface area contributed by atoms with E-state index in [-0.39, 0.29) is 5.69 Å². The third-order valence-electron chi connectivity index (χ3n) is 2.41. The Morgan fingerprint density at radius 1 is 1.38 bits per heavy atom. The topological polar surface area (TPSA) is 64.1 Å². The third kappa shape index (κ3) is 2.36. The molecular formula is C11H13N3O2. The number of nitrogens with zero attached hydrogens (tertiary/aromatic N) is 2. The molecule has 1 aromatic rings. The molecule has 5 nitrogen and oxygen atoms in total. The van der Waals surface area contributed by atoms with Crippen molar-refractivity contribution in [1.82, 2.24) is 9.97 Å². The lowest BCUT2D eigenvalue weighted by Gasteiger charge is -2.11. The van der Waals surface area contributed by atoms with E-state index in [1.54, 1.807) is 6.20 Å². The highest BCUT2D eigenvalue weighted by Gasteiger charge is 2.11. The van der Waals surface area contributed by atoms with Crippen LogP contribution in [0.3, 0.4) is 0 Å². The van der Waals surface area contributed by atoms with Gasteiger partial charge in [-0.1, -0.05) is 12.2 Å². The third-order valence-corrected chi connectivity index (χ3v) is 2.41. The minimum Gasteiger partial charge on any atom is -0.464 e. The quantitative estimate of drug-likeness (QED) is 0.614. The van der Waals surface area contributed by atoms with Crippen LogP contribution in [0.4, 0.5) is 5.82 Å². The van der Waals surface area contributed by atoms with E-state index in [0.29, 0.717) is 11.9 Å². The molecule has 1 heterocycles. The largest absolute Gasteiger partial charge is 0.464 e. The van der Waals surface area contributed by atoms with Crippen molar-refractivity contribution in [1.29, 1.82) is 0 Å². The van der Waals surface area contributed by atoms with Gasteiger partial charge in [0, 0.05) is 6.04 Å². The predicted molar refractivity (Wildman–Crippen MR) is 59.2 cm³/mol. The maximum atomic E-state index is 11.1. The zero-order valence-electron chi connectivity index (χ0n) is 9.01. The van der Waals surface area contributed by atoms with E-state index in [1.165, 1.54) is 13.3 Å². The van der Waals surface area contributed by atoms with Gasteiger partial charge in [0.05, 0.1) is 19.5 Å². The number of nitrogens with one attached hydrogen (secondary N) is 1. The molecule has 1 aliphatic carbocycles. The lowest BCUT2D eigenvalue weighted by atomic mass is 10.2. The lowest BCUT2D eigenvalue weighted by molar-refractivity contribution is 0.0593. The van der Waals surface area contributed by atoms with Crippen molar-refractivity contribution in [3.63, 3.8) is 0 Å². The van der Waals surface area contributed by atoms with Gasteiger partial charge in [0.1, 0.15) is 5.82 Å². The summed E-state index contributed by atoms with van der Waals surface area (Å²) in [6, 6.07) is 0.387. The second-order valence-corrected chi connectivity index (χ2v) is 3.56. The molecule has 0 radical (unpaired) electrons. The molecular weight excluding hydrogens is 206 g/mol. The first-order valence-electron chi connectivity index (χ1n) is 5.11. The highest BCUT2D eigenvalue weighted by molar-refractivity contribution is 5.86. The van der Waals surface area contributed by atoms with Crippen LogP contribution >= 0.6 is 0 Å². The standard InChI is InChI=1S/C11H13N3O2/c1-16-11(15)9-6-13-10(7-12-9)14-8-4-2-3-5-8/h2-3,6-8H,4-5H2,1H3,(H,13,14). The van der Waals surface area contributed by atoms with Crippen molar-refractivity contribution < 1.29 is 9.53 Å². The van der Waals surface area contributed by atoms with Gasteiger partial charge in [-0.3, -0.25) is 0 Å². The molecule has 16 heavy (non-hydrogen) atoms. The monoisotopic (exact) mass is 219 g/mol. The molecule has 0 unspecified atom stereocenters. The van der Waals surface area contributed by atoms with Crippen LogP contribution in [-0.2, 0) is 4.74 Å². The predicted octanol–water partition coefficient (Wildman–Crippen LogP) is 1.39. The second kappa shape index (κ2) is 4.74. The number of esters is 1. The first kappa shape index (κ1) is 10.6. The van der Waals surface area contributed by atoms with E-state index in [0.717, 1.165) is 12.8 Å². The summed E-state index contributed by atoms with van der Waals surface area (Å²) in [5.41, 5.74) is 0.220. The molecule has 0 fully saturated rings. The van der Waals surface area contributed by atoms with E-state index >= 15 is 0 Å². The van der Waals surface area contributed by atoms with E-state index < -0.39 is 5.97 Å². The Morgan fingerprint density at radius 2 is 2.12 bits per heavy atom. The summed E-state index contributed by atoms with van der Waals surface area (Å²) in [5.74, 6) is 0.211. The Balaban J connectivity index is 1.99. The summed E-state index contributed by atoms with van der Waals surface area (Å²) in [4.78, 5) is 19.2. The van der Waals surface area contributed by atoms with Crippen molar-refractivity contribution in [3.05, 3.63) is 30.2 Å². The summed E-state index contributed by atoms with van der Waals surface area (Å²) in [6.45, 7) is 0. The zero-order chi connectivity index (χ0) is 11.4. The number of rotatable bonds is 3. The Morgan fingerprint density at radius 3 is 2.69 bits per heavy atom. The highest BCUT2D eigenvalue weighted by Crippen LogP contribution is 2.14. The fourth-order valence-corrected chi connectivity index (χ4v) is 1.56. The maximum absolute atomic E-state index is 11.1. The molecule has 1 N–H and O–H groups in total. The summed E-state index contributed by atoms with van der Waals surface area (Å²) < 4.78 is 4.54. The van der Waals surface area contributed by atoms with Gasteiger partial charge in [0.15, 0.2) is 5.69 Å². The molecule has 0 amide bonds. The second-order valence-electron chi connectivity index (χ2n) is 3.56. The molecule has 1 aromatic heterocycles. The van der Waals surface area contributed by atoms with Gasteiger partial charge < -0.3 is 10.1 Å². The Hall–Kier alpha value is -1.91. The Labute approximate surface area is 93.6 Å². The number of carbonyl (C=O) groups is 1. The van der Waals surface area contributed by atoms with Crippen LogP contribution in [0.2, 0.25) is 0 Å². The molecule has 0 saturated carbocycles. The zero-order valence-corrected chi connectivity index (χ0v) is 9.01. The fraction of sp³-hybridized carbons (Fsp3) is 0.364. The van der Waals surface area contributed by atoms with Crippen LogP contribution < -0.4 is 5.32 Å². The number of hydrogen-bond donors (Lipinski definition) is 1. The Bertz CT molecular complexity index is 392. The van der Waals surface area contributed by atoms with Crippen molar-refractivity contribution in [2.45, 2.75) is 18.9 Å². The van der Waals surface area contributed by atoms with E-state index in [9.17, 15) is 4.79 Å². The van der Waals surface area contributed by atoms with E-state index in [2.05, 4.69) is 32.2 Å². The van der Waals surface area contributed by atoms with Crippen LogP contribution in [0.25, 0.3) is 0 Å². The van der Waals surface area contributed by atoms with Crippen LogP contribution in [-0.4, -0.2) is 29.1 Å². The minimum atomic E-state index is -0.471. The van der Waals surface area contributed by atoms with Gasteiger partial charge >= 0.3 is 5.97 Å². The van der Waals surface area contributed by atoms with Crippen LogP contribution in [0.15, 0.2) is 24.5 Å². The number of ether oxygens (including phenoxy) is 1. The number of methoxy groups -OCH3 is 1. The minimum absolute atomic E-state index is 0.220. The molecule has 2 rings (SSSR count). The van der Waals surface area contributed by atoms with Crippen LogP contribution in [0.5, 0.6) is 0 Å². The molecule has 1 aliphatic rings. The average Bonchev–Trinajstić information content (AvgIpc) is 2.82. The first-order valence-corrected chi connectivity index (χ1v) is 5.11. The van der Waals surface area contributed by atoms with Gasteiger partial charge in [0.25, 0.3) is 0 Å². The van der Waals surface area contributed by atoms with Crippen molar-refractivity contribution in [2.24, 2.45) is 0 Å². The SMILES string of the molecule is COC(=O)c1cnc(NC2CC=CC2)cn1. The highest BCUT2D eigenvalue weighted by atomic mass is 16.5. The molecule has 0 aromatic carbocycles. The smallest absolute Gasteiger partial charge is 0.358 e.